The van der Waals surface area contributed by atoms with Crippen LogP contribution in [0.2, 0.25) is 0 Å². The molecule has 0 atom stereocenters. The number of anilines is 1. The van der Waals surface area contributed by atoms with Crippen LogP contribution in [0.5, 0.6) is 11.5 Å². The van der Waals surface area contributed by atoms with Crippen molar-refractivity contribution in [1.82, 2.24) is 4.72 Å². The van der Waals surface area contributed by atoms with Crippen LogP contribution in [-0.4, -0.2) is 27.0 Å². The lowest BCUT2D eigenvalue weighted by Gasteiger charge is -2.25. The highest BCUT2D eigenvalue weighted by atomic mass is 32.2. The molecule has 0 aromatic heterocycles. The van der Waals surface area contributed by atoms with Gasteiger partial charge in [0.2, 0.25) is 6.79 Å². The molecule has 9 heteroatoms. The molecule has 5 aromatic rings. The van der Waals surface area contributed by atoms with Gasteiger partial charge in [-0.1, -0.05) is 66.2 Å². The molecule has 0 unspecified atom stereocenters. The average molecular weight is 623 g/mol. The summed E-state index contributed by atoms with van der Waals surface area (Å²) in [4.78, 5) is 16.2. The van der Waals surface area contributed by atoms with Crippen LogP contribution in [0, 0.1) is 6.92 Å². The molecule has 6 rings (SSSR count). The van der Waals surface area contributed by atoms with E-state index in [1.54, 1.807) is 36.0 Å². The molecular weight excluding hydrogens is 593 g/mol. The lowest BCUT2D eigenvalue weighted by atomic mass is 10.0. The monoisotopic (exact) mass is 622 g/mol. The number of hydrogen-bond acceptors (Lipinski definition) is 7. The van der Waals surface area contributed by atoms with Gasteiger partial charge in [0.15, 0.2) is 11.5 Å². The normalized spacial score (nSPS) is 12.1. The number of aryl methyl sites for hydroxylation is 1. The van der Waals surface area contributed by atoms with Gasteiger partial charge in [-0.25, -0.2) is 13.1 Å². The second-order valence-electron chi connectivity index (χ2n) is 10.3. The van der Waals surface area contributed by atoms with Crippen molar-refractivity contribution < 1.29 is 22.7 Å². The number of thioether (sulfide) groups is 1. The SMILES string of the molecule is Cc1ccc(-c2ccc(C(=O)NS(=O)(=O)c3ccc(N(CSc4ccccc4)Cc4ccc5c(c4)OCO5)cc3)cc2)cc1. The van der Waals surface area contributed by atoms with Crippen molar-refractivity contribution in [2.45, 2.75) is 23.3 Å². The molecule has 1 N–H and O–H groups in total. The van der Waals surface area contributed by atoms with Gasteiger partial charge in [-0.3, -0.25) is 4.79 Å². The molecular formula is C35H30N2O5S2. The van der Waals surface area contributed by atoms with E-state index in [0.717, 1.165) is 38.6 Å². The van der Waals surface area contributed by atoms with E-state index < -0.39 is 15.9 Å². The van der Waals surface area contributed by atoms with E-state index in [9.17, 15) is 13.2 Å². The second-order valence-corrected chi connectivity index (χ2v) is 13.0. The summed E-state index contributed by atoms with van der Waals surface area (Å²) in [6.07, 6.45) is 0. The Labute approximate surface area is 261 Å². The Kier molecular flexibility index (Phi) is 8.58. The zero-order chi connectivity index (χ0) is 30.5. The molecule has 5 aromatic carbocycles. The third kappa shape index (κ3) is 6.90. The Hall–Kier alpha value is -4.73. The molecule has 222 valence electrons. The molecule has 0 bridgehead atoms. The molecule has 0 saturated carbocycles. The van der Waals surface area contributed by atoms with E-state index >= 15 is 0 Å². The minimum absolute atomic E-state index is 0.00428. The highest BCUT2D eigenvalue weighted by Gasteiger charge is 2.20. The molecule has 7 nitrogen and oxygen atoms in total. The molecule has 0 spiro atoms. The summed E-state index contributed by atoms with van der Waals surface area (Å²) < 4.78 is 39.5. The Morgan fingerprint density at radius 2 is 1.45 bits per heavy atom. The number of amides is 1. The van der Waals surface area contributed by atoms with Gasteiger partial charge in [-0.2, -0.15) is 0 Å². The van der Waals surface area contributed by atoms with Crippen LogP contribution in [0.3, 0.4) is 0 Å². The summed E-state index contributed by atoms with van der Waals surface area (Å²) in [5.74, 6) is 1.37. The Morgan fingerprint density at radius 3 is 2.16 bits per heavy atom. The highest BCUT2D eigenvalue weighted by molar-refractivity contribution is 7.99. The van der Waals surface area contributed by atoms with Crippen LogP contribution in [-0.2, 0) is 16.6 Å². The first-order valence-electron chi connectivity index (χ1n) is 14.0. The topological polar surface area (TPSA) is 84.9 Å². The minimum atomic E-state index is -4.09. The van der Waals surface area contributed by atoms with Gasteiger partial charge in [0.05, 0.1) is 10.8 Å². The molecule has 1 amide bonds. The third-order valence-corrected chi connectivity index (χ3v) is 9.61. The molecule has 44 heavy (non-hydrogen) atoms. The number of nitrogens with one attached hydrogen (secondary N) is 1. The standard InChI is InChI=1S/C35H30N2O5S2/c1-25-7-10-27(11-8-25)28-12-14-29(15-13-28)35(38)36-44(39,40)32-18-16-30(17-19-32)37(23-43-31-5-3-2-4-6-31)22-26-9-20-33-34(21-26)42-24-41-33/h2-21H,22-24H2,1H3,(H,36,38). The fourth-order valence-electron chi connectivity index (χ4n) is 4.78. The lowest BCUT2D eigenvalue weighted by Crippen LogP contribution is -2.30. The van der Waals surface area contributed by atoms with E-state index in [2.05, 4.69) is 21.8 Å². The summed E-state index contributed by atoms with van der Waals surface area (Å²) in [7, 11) is -4.09. The Balaban J connectivity index is 1.16. The summed E-state index contributed by atoms with van der Waals surface area (Å²) in [6.45, 7) is 2.79. The van der Waals surface area contributed by atoms with Gasteiger partial charge in [0.1, 0.15) is 0 Å². The number of carbonyl (C=O) groups excluding carboxylic acids is 1. The quantitative estimate of drug-likeness (QED) is 0.130. The van der Waals surface area contributed by atoms with Gasteiger partial charge in [-0.15, -0.1) is 11.8 Å². The lowest BCUT2D eigenvalue weighted by molar-refractivity contribution is 0.0981. The number of sulfonamides is 1. The molecule has 0 saturated heterocycles. The van der Waals surface area contributed by atoms with E-state index in [1.165, 1.54) is 12.1 Å². The van der Waals surface area contributed by atoms with E-state index in [-0.39, 0.29) is 17.3 Å². The first-order valence-corrected chi connectivity index (χ1v) is 16.5. The summed E-state index contributed by atoms with van der Waals surface area (Å²) in [5.41, 5.74) is 5.24. The van der Waals surface area contributed by atoms with Crippen LogP contribution < -0.4 is 19.1 Å². The molecule has 0 aliphatic carbocycles. The van der Waals surface area contributed by atoms with Crippen molar-refractivity contribution in [3.63, 3.8) is 0 Å². The number of fused-ring (bicyclic) bond motifs is 1. The van der Waals surface area contributed by atoms with Gasteiger partial charge in [0, 0.05) is 22.7 Å². The third-order valence-electron chi connectivity index (χ3n) is 7.21. The van der Waals surface area contributed by atoms with Crippen molar-refractivity contribution in [3.8, 4) is 22.6 Å². The minimum Gasteiger partial charge on any atom is -0.454 e. The van der Waals surface area contributed by atoms with Crippen molar-refractivity contribution in [2.24, 2.45) is 0 Å². The number of rotatable bonds is 10. The first kappa shape index (κ1) is 29.3. The van der Waals surface area contributed by atoms with Crippen LogP contribution >= 0.6 is 11.8 Å². The number of hydrogen-bond donors (Lipinski definition) is 1. The van der Waals surface area contributed by atoms with Gasteiger partial charge in [-0.05, 0) is 84.3 Å². The summed E-state index contributed by atoms with van der Waals surface area (Å²) in [6, 6.07) is 37.4. The number of benzene rings is 5. The first-order chi connectivity index (χ1) is 21.3. The van der Waals surface area contributed by atoms with Crippen LogP contribution in [0.4, 0.5) is 5.69 Å². The molecule has 1 aliphatic rings. The summed E-state index contributed by atoms with van der Waals surface area (Å²) in [5, 5.41) is 0. The van der Waals surface area contributed by atoms with E-state index in [0.29, 0.717) is 18.2 Å². The molecule has 1 aliphatic heterocycles. The molecule has 0 fully saturated rings. The van der Waals surface area contributed by atoms with E-state index in [1.807, 2.05) is 79.7 Å². The Morgan fingerprint density at radius 1 is 0.795 bits per heavy atom. The number of carbonyl (C=O) groups is 1. The fourth-order valence-corrected chi connectivity index (χ4v) is 6.65. The van der Waals surface area contributed by atoms with Gasteiger partial charge < -0.3 is 14.4 Å². The smallest absolute Gasteiger partial charge is 0.264 e. The van der Waals surface area contributed by atoms with Crippen LogP contribution in [0.25, 0.3) is 11.1 Å². The number of ether oxygens (including phenoxy) is 2. The molecule has 1 heterocycles. The van der Waals surface area contributed by atoms with Crippen LogP contribution in [0.1, 0.15) is 21.5 Å². The molecule has 0 radical (unpaired) electrons. The predicted molar refractivity (Wildman–Crippen MR) is 174 cm³/mol. The van der Waals surface area contributed by atoms with Crippen LogP contribution in [0.15, 0.2) is 131 Å². The maximum atomic E-state index is 13.2. The van der Waals surface area contributed by atoms with Crippen molar-refractivity contribution in [2.75, 3.05) is 17.6 Å². The highest BCUT2D eigenvalue weighted by Crippen LogP contribution is 2.34. The maximum absolute atomic E-state index is 13.2. The second kappa shape index (κ2) is 12.9. The zero-order valence-corrected chi connectivity index (χ0v) is 25.6. The fraction of sp³-hybridized carbons (Fsp3) is 0.114. The van der Waals surface area contributed by atoms with Crippen molar-refractivity contribution in [1.29, 1.82) is 0 Å². The largest absolute Gasteiger partial charge is 0.454 e. The van der Waals surface area contributed by atoms with Crippen molar-refractivity contribution in [3.05, 3.63) is 138 Å². The summed E-state index contributed by atoms with van der Waals surface area (Å²) >= 11 is 1.68. The maximum Gasteiger partial charge on any atom is 0.264 e. The van der Waals surface area contributed by atoms with Gasteiger partial charge >= 0.3 is 0 Å². The van der Waals surface area contributed by atoms with E-state index in [4.69, 9.17) is 9.47 Å². The zero-order valence-electron chi connectivity index (χ0n) is 24.0. The average Bonchev–Trinajstić information content (AvgIpc) is 3.52. The van der Waals surface area contributed by atoms with Crippen molar-refractivity contribution >= 4 is 33.4 Å². The Bertz CT molecular complexity index is 1860. The van der Waals surface area contributed by atoms with Gasteiger partial charge in [0.25, 0.3) is 15.9 Å². The number of nitrogens with zero attached hydrogens (tertiary/aromatic N) is 1. The predicted octanol–water partition coefficient (Wildman–Crippen LogP) is 7.27.